The van der Waals surface area contributed by atoms with Crippen LogP contribution in [0.4, 0.5) is 4.39 Å². The molecule has 11 nitrogen and oxygen atoms in total. The normalized spacial score (nSPS) is 13.8. The van der Waals surface area contributed by atoms with Gasteiger partial charge in [-0.1, -0.05) is 25.4 Å². The minimum atomic E-state index is -1.10. The van der Waals surface area contributed by atoms with Crippen LogP contribution in [0.1, 0.15) is 53.9 Å². The molecule has 236 valence electrons. The Morgan fingerprint density at radius 3 is 2.27 bits per heavy atom. The number of carboxylic acid groups (broad SMARTS) is 2. The third-order valence-corrected chi connectivity index (χ3v) is 8.91. The first-order valence-corrected chi connectivity index (χ1v) is 14.9. The van der Waals surface area contributed by atoms with E-state index in [1.165, 1.54) is 31.9 Å². The Bertz CT molecular complexity index is 1620. The van der Waals surface area contributed by atoms with Gasteiger partial charge in [0.1, 0.15) is 5.02 Å². The van der Waals surface area contributed by atoms with Crippen LogP contribution in [0.2, 0.25) is 5.02 Å². The SMILES string of the molecule is COc1c(OCCCOc2cc3c(c(F)c2O)CN(C(=O)C[C@H](C)C(=O)O)C3)cc2cc(C(=O)C[C@H](C)C(=O)O)sc2c1Cl. The number of aliphatic carboxylic acids is 2. The molecule has 0 radical (unpaired) electrons. The number of carboxylic acids is 2. The van der Waals surface area contributed by atoms with Crippen molar-refractivity contribution in [3.63, 3.8) is 0 Å². The van der Waals surface area contributed by atoms with Crippen LogP contribution in [-0.4, -0.2) is 64.2 Å². The molecule has 0 bridgehead atoms. The van der Waals surface area contributed by atoms with E-state index >= 15 is 0 Å². The topological polar surface area (TPSA) is 160 Å². The van der Waals surface area contributed by atoms with Crippen molar-refractivity contribution in [2.24, 2.45) is 11.8 Å². The van der Waals surface area contributed by atoms with E-state index in [2.05, 4.69) is 0 Å². The van der Waals surface area contributed by atoms with Crippen LogP contribution in [-0.2, 0) is 27.5 Å². The van der Waals surface area contributed by atoms with Gasteiger partial charge >= 0.3 is 11.9 Å². The van der Waals surface area contributed by atoms with Crippen molar-refractivity contribution in [3.05, 3.63) is 45.0 Å². The number of nitrogens with zero attached hydrogens (tertiary/aromatic N) is 1. The summed E-state index contributed by atoms with van der Waals surface area (Å²) in [6.07, 6.45) is -0.0531. The third kappa shape index (κ3) is 6.99. The minimum absolute atomic E-state index is 0.0434. The molecule has 2 atom stereocenters. The maximum atomic E-state index is 14.9. The zero-order valence-corrected chi connectivity index (χ0v) is 25.7. The molecule has 1 aliphatic heterocycles. The lowest BCUT2D eigenvalue weighted by Gasteiger charge is -2.16. The molecule has 0 aliphatic carbocycles. The summed E-state index contributed by atoms with van der Waals surface area (Å²) in [4.78, 5) is 49.0. The molecule has 1 aliphatic rings. The highest BCUT2D eigenvalue weighted by Crippen LogP contribution is 2.45. The van der Waals surface area contributed by atoms with Crippen molar-refractivity contribution in [2.45, 2.75) is 46.2 Å². The second kappa shape index (κ2) is 13.7. The van der Waals surface area contributed by atoms with Gasteiger partial charge in [-0.2, -0.15) is 0 Å². The molecule has 3 aromatic rings. The largest absolute Gasteiger partial charge is 0.502 e. The first-order chi connectivity index (χ1) is 20.8. The highest BCUT2D eigenvalue weighted by atomic mass is 35.5. The molecular formula is C30H31ClFNO10S. The number of hydrogen-bond acceptors (Lipinski definition) is 9. The Morgan fingerprint density at radius 1 is 1.00 bits per heavy atom. The highest BCUT2D eigenvalue weighted by Gasteiger charge is 2.31. The molecule has 1 amide bonds. The standard InChI is InChI=1S/C30H31ClFNO10S/c1-14(29(37)38)7-19(34)22-11-16-9-21(27(41-3)24(31)28(16)44-22)43-6-4-5-42-20-10-17-12-33(13-18(17)25(32)26(20)36)23(35)8-15(2)30(39)40/h9-11,14-15,36H,4-8,12-13H2,1-3H3,(H,37,38)(H,39,40)/t14-,15-/m0/s1. The summed E-state index contributed by atoms with van der Waals surface area (Å²) in [5.74, 6) is -5.70. The maximum Gasteiger partial charge on any atom is 0.306 e. The molecule has 0 saturated heterocycles. The van der Waals surface area contributed by atoms with Crippen molar-refractivity contribution >= 4 is 56.7 Å². The van der Waals surface area contributed by atoms with Crippen LogP contribution in [0.25, 0.3) is 10.1 Å². The van der Waals surface area contributed by atoms with Gasteiger partial charge in [-0.25, -0.2) is 4.39 Å². The Hall–Kier alpha value is -4.10. The number of carbonyl (C=O) groups is 4. The van der Waals surface area contributed by atoms with Gasteiger partial charge in [0.2, 0.25) is 5.91 Å². The average Bonchev–Trinajstić information content (AvgIpc) is 3.60. The molecule has 14 heteroatoms. The molecule has 3 N–H and O–H groups in total. The second-order valence-electron chi connectivity index (χ2n) is 10.5. The van der Waals surface area contributed by atoms with Gasteiger partial charge in [0.15, 0.2) is 34.6 Å². The predicted molar refractivity (Wildman–Crippen MR) is 158 cm³/mol. The van der Waals surface area contributed by atoms with E-state index in [1.54, 1.807) is 12.1 Å². The third-order valence-electron chi connectivity index (χ3n) is 7.23. The number of rotatable bonds is 14. The molecule has 0 fully saturated rings. The summed E-state index contributed by atoms with van der Waals surface area (Å²) in [6.45, 7) is 3.04. The van der Waals surface area contributed by atoms with E-state index in [0.29, 0.717) is 32.7 Å². The van der Waals surface area contributed by atoms with Crippen LogP contribution >= 0.6 is 22.9 Å². The predicted octanol–water partition coefficient (Wildman–Crippen LogP) is 5.50. The monoisotopic (exact) mass is 651 g/mol. The number of phenolic OH excluding ortho intramolecular Hbond substituents is 1. The van der Waals surface area contributed by atoms with Gasteiger partial charge < -0.3 is 34.4 Å². The summed E-state index contributed by atoms with van der Waals surface area (Å²) in [7, 11) is 1.42. The number of phenols is 1. The molecule has 0 saturated carbocycles. The Morgan fingerprint density at radius 2 is 1.64 bits per heavy atom. The first-order valence-electron chi connectivity index (χ1n) is 13.7. The van der Waals surface area contributed by atoms with Gasteiger partial charge in [-0.05, 0) is 29.1 Å². The number of Topliss-reactive ketones (excluding diaryl/α,β-unsaturated/α-hetero) is 1. The fourth-order valence-corrected chi connectivity index (χ4v) is 6.08. The number of carbonyl (C=O) groups excluding carboxylic acids is 2. The smallest absolute Gasteiger partial charge is 0.306 e. The molecule has 0 unspecified atom stereocenters. The lowest BCUT2D eigenvalue weighted by molar-refractivity contribution is -0.145. The van der Waals surface area contributed by atoms with Crippen LogP contribution in [0.15, 0.2) is 18.2 Å². The molecule has 2 heterocycles. The Labute approximate surface area is 260 Å². The number of fused-ring (bicyclic) bond motifs is 2. The summed E-state index contributed by atoms with van der Waals surface area (Å²) < 4.78 is 32.4. The summed E-state index contributed by atoms with van der Waals surface area (Å²) >= 11 is 7.69. The van der Waals surface area contributed by atoms with Crippen molar-refractivity contribution in [1.29, 1.82) is 0 Å². The minimum Gasteiger partial charge on any atom is -0.502 e. The maximum absolute atomic E-state index is 14.9. The van der Waals surface area contributed by atoms with Crippen molar-refractivity contribution in [1.82, 2.24) is 4.90 Å². The number of thiophene rings is 1. The Kier molecular flexibility index (Phi) is 10.2. The number of amides is 1. The highest BCUT2D eigenvalue weighted by molar-refractivity contribution is 7.21. The zero-order chi connectivity index (χ0) is 32.3. The van der Waals surface area contributed by atoms with E-state index in [4.69, 9.17) is 36.0 Å². The number of halogens is 2. The van der Waals surface area contributed by atoms with Gasteiger partial charge in [-0.15, -0.1) is 11.3 Å². The van der Waals surface area contributed by atoms with E-state index in [1.807, 2.05) is 0 Å². The van der Waals surface area contributed by atoms with Crippen LogP contribution in [0.5, 0.6) is 23.0 Å². The van der Waals surface area contributed by atoms with Crippen LogP contribution < -0.4 is 14.2 Å². The number of hydrogen-bond donors (Lipinski definition) is 3. The zero-order valence-electron chi connectivity index (χ0n) is 24.1. The molecule has 44 heavy (non-hydrogen) atoms. The van der Waals surface area contributed by atoms with Gasteiger partial charge in [-0.3, -0.25) is 19.2 Å². The fourth-order valence-electron chi connectivity index (χ4n) is 4.66. The Balaban J connectivity index is 1.37. The van der Waals surface area contributed by atoms with Crippen molar-refractivity contribution in [2.75, 3.05) is 20.3 Å². The number of aromatic hydroxyl groups is 1. The summed E-state index contributed by atoms with van der Waals surface area (Å²) in [5.41, 5.74) is 0.616. The van der Waals surface area contributed by atoms with Gasteiger partial charge in [0.25, 0.3) is 0 Å². The first kappa shape index (κ1) is 32.8. The van der Waals surface area contributed by atoms with Gasteiger partial charge in [0, 0.05) is 37.9 Å². The van der Waals surface area contributed by atoms with Crippen LogP contribution in [0, 0.1) is 17.7 Å². The second-order valence-corrected chi connectivity index (χ2v) is 12.0. The van der Waals surface area contributed by atoms with Gasteiger partial charge in [0.05, 0.1) is 41.7 Å². The molecule has 1 aromatic heterocycles. The van der Waals surface area contributed by atoms with Crippen molar-refractivity contribution in [3.8, 4) is 23.0 Å². The fraction of sp³-hybridized carbons (Fsp3) is 0.400. The van der Waals surface area contributed by atoms with E-state index in [0.717, 1.165) is 11.3 Å². The van der Waals surface area contributed by atoms with Crippen molar-refractivity contribution < 1.29 is 53.1 Å². The van der Waals surface area contributed by atoms with E-state index in [-0.39, 0.29) is 67.0 Å². The number of benzene rings is 2. The molecular weight excluding hydrogens is 621 g/mol. The lowest BCUT2D eigenvalue weighted by atomic mass is 10.0. The molecule has 4 rings (SSSR count). The number of ketones is 1. The van der Waals surface area contributed by atoms with Crippen LogP contribution in [0.3, 0.4) is 0 Å². The van der Waals surface area contributed by atoms with E-state index in [9.17, 15) is 28.7 Å². The number of methoxy groups -OCH3 is 1. The van der Waals surface area contributed by atoms with E-state index < -0.39 is 41.2 Å². The quantitative estimate of drug-likeness (QED) is 0.150. The summed E-state index contributed by atoms with van der Waals surface area (Å²) in [5, 5.41) is 29.4. The summed E-state index contributed by atoms with van der Waals surface area (Å²) in [6, 6.07) is 4.76. The average molecular weight is 652 g/mol. The molecule has 0 spiro atoms. The molecule has 2 aromatic carbocycles. The lowest BCUT2D eigenvalue weighted by Crippen LogP contribution is -2.28. The number of ether oxygens (including phenoxy) is 3.